The van der Waals surface area contributed by atoms with Gasteiger partial charge in [0.2, 0.25) is 17.7 Å². The number of rotatable bonds is 13. The lowest BCUT2D eigenvalue weighted by Gasteiger charge is -2.32. The smallest absolute Gasteiger partial charge is 0.247 e. The van der Waals surface area contributed by atoms with E-state index < -0.39 is 18.1 Å². The van der Waals surface area contributed by atoms with Crippen LogP contribution < -0.4 is 5.32 Å². The van der Waals surface area contributed by atoms with Crippen molar-refractivity contribution in [2.45, 2.75) is 76.5 Å². The lowest BCUT2D eigenvalue weighted by atomic mass is 9.99. The number of carbonyl (C=O) groups is 4. The highest BCUT2D eigenvalue weighted by molar-refractivity contribution is 5.98. The van der Waals surface area contributed by atoms with Gasteiger partial charge >= 0.3 is 0 Å². The Morgan fingerprint density at radius 2 is 1.45 bits per heavy atom. The summed E-state index contributed by atoms with van der Waals surface area (Å²) in [7, 11) is 7.65. The van der Waals surface area contributed by atoms with Crippen LogP contribution >= 0.6 is 0 Å². The van der Waals surface area contributed by atoms with Crippen molar-refractivity contribution in [3.63, 3.8) is 0 Å². The van der Waals surface area contributed by atoms with Crippen LogP contribution in [0.2, 0.25) is 0 Å². The number of likely N-dealkylation sites (tertiary alicyclic amines) is 2. The Balaban J connectivity index is 1.09. The van der Waals surface area contributed by atoms with Gasteiger partial charge in [-0.2, -0.15) is 0 Å². The molecular weight excluding hydrogens is 665 g/mol. The highest BCUT2D eigenvalue weighted by Crippen LogP contribution is 2.30. The van der Waals surface area contributed by atoms with Crippen molar-refractivity contribution in [3.05, 3.63) is 90.0 Å². The Bertz CT molecular complexity index is 1920. The molecule has 53 heavy (non-hydrogen) atoms. The summed E-state index contributed by atoms with van der Waals surface area (Å²) in [5, 5.41) is 4.04. The number of fused-ring (bicyclic) bond motifs is 1. The number of aromatic nitrogens is 1. The van der Waals surface area contributed by atoms with Crippen LogP contribution in [0.25, 0.3) is 22.2 Å². The molecule has 2 N–H and O–H groups in total. The number of hydrogen-bond donors (Lipinski definition) is 2. The van der Waals surface area contributed by atoms with Crippen molar-refractivity contribution in [3.8, 4) is 11.3 Å². The number of anilines is 1. The molecule has 0 aliphatic carbocycles. The second-order valence-corrected chi connectivity index (χ2v) is 15.6. The topological polar surface area (TPSA) is 109 Å². The molecule has 0 unspecified atom stereocenters. The Morgan fingerprint density at radius 3 is 2.09 bits per heavy atom. The second-order valence-electron chi connectivity index (χ2n) is 15.6. The van der Waals surface area contributed by atoms with Crippen LogP contribution in [0, 0.1) is 5.92 Å². The zero-order valence-electron chi connectivity index (χ0n) is 32.0. The summed E-state index contributed by atoms with van der Waals surface area (Å²) in [4.78, 5) is 65.3. The van der Waals surface area contributed by atoms with Gasteiger partial charge in [-0.25, -0.2) is 0 Å². The molecule has 10 nitrogen and oxygen atoms in total. The van der Waals surface area contributed by atoms with Crippen molar-refractivity contribution in [1.29, 1.82) is 0 Å². The average Bonchev–Trinajstić information content (AvgIpc) is 3.91. The molecule has 0 spiro atoms. The van der Waals surface area contributed by atoms with Crippen molar-refractivity contribution < 1.29 is 19.2 Å². The molecule has 2 fully saturated rings. The fourth-order valence-corrected chi connectivity index (χ4v) is 8.02. The third-order valence-corrected chi connectivity index (χ3v) is 10.7. The van der Waals surface area contributed by atoms with E-state index in [0.29, 0.717) is 37.5 Å². The largest absolute Gasteiger partial charge is 0.355 e. The van der Waals surface area contributed by atoms with Gasteiger partial charge in [0.25, 0.3) is 0 Å². The third-order valence-electron chi connectivity index (χ3n) is 10.7. The normalized spacial score (nSPS) is 18.7. The molecule has 0 bridgehead atoms. The van der Waals surface area contributed by atoms with Gasteiger partial charge in [0.15, 0.2) is 5.78 Å². The molecule has 2 saturated heterocycles. The zero-order valence-corrected chi connectivity index (χ0v) is 32.0. The van der Waals surface area contributed by atoms with Crippen LogP contribution in [0.5, 0.6) is 0 Å². The summed E-state index contributed by atoms with van der Waals surface area (Å²) in [6, 6.07) is 24.0. The fourth-order valence-electron chi connectivity index (χ4n) is 8.02. The predicted molar refractivity (Wildman–Crippen MR) is 210 cm³/mol. The first-order chi connectivity index (χ1) is 25.4. The van der Waals surface area contributed by atoms with Crippen LogP contribution in [0.3, 0.4) is 0 Å². The molecule has 3 heterocycles. The minimum absolute atomic E-state index is 0.0237. The summed E-state index contributed by atoms with van der Waals surface area (Å²) >= 11 is 0. The van der Waals surface area contributed by atoms with Gasteiger partial charge in [-0.3, -0.25) is 29.0 Å². The monoisotopic (exact) mass is 718 g/mol. The molecule has 6 rings (SSSR count). The quantitative estimate of drug-likeness (QED) is 0.172. The first-order valence-corrected chi connectivity index (χ1v) is 19.0. The molecule has 4 atom stereocenters. The van der Waals surface area contributed by atoms with Gasteiger partial charge < -0.3 is 20.1 Å². The van der Waals surface area contributed by atoms with Crippen LogP contribution in [-0.4, -0.2) is 107 Å². The van der Waals surface area contributed by atoms with E-state index in [0.717, 1.165) is 52.5 Å². The molecular formula is C43H54N6O4. The molecule has 1 aromatic heterocycles. The number of benzene rings is 3. The van der Waals surface area contributed by atoms with E-state index in [2.05, 4.69) is 30.2 Å². The SMILES string of the molecule is CC(C)C[C@H](C(=O)N1CCC[C@H]1C(=O)Nc1ccc(-c2cc3cc(CC(=O)[C@@H]4CCCN4C(=O)[C@@H](c4ccccc4)N(C)C)ccc3[nH]2)cc1)N(C)C. The third kappa shape index (κ3) is 8.55. The Hall–Kier alpha value is -4.80. The van der Waals surface area contributed by atoms with Gasteiger partial charge in [0.1, 0.15) is 12.1 Å². The van der Waals surface area contributed by atoms with E-state index in [1.807, 2.05) is 111 Å². The Kier molecular flexibility index (Phi) is 11.8. The van der Waals surface area contributed by atoms with Crippen molar-refractivity contribution >= 4 is 40.1 Å². The number of H-pyrrole nitrogens is 1. The second kappa shape index (κ2) is 16.5. The fraction of sp³-hybridized carbons (Fsp3) is 0.442. The van der Waals surface area contributed by atoms with Gasteiger partial charge in [-0.15, -0.1) is 0 Å². The number of nitrogens with one attached hydrogen (secondary N) is 2. The minimum Gasteiger partial charge on any atom is -0.355 e. The number of likely N-dealkylation sites (N-methyl/N-ethyl adjacent to an activating group) is 2. The van der Waals surface area contributed by atoms with Gasteiger partial charge in [-0.05, 0) is 113 Å². The van der Waals surface area contributed by atoms with Crippen LogP contribution in [0.1, 0.15) is 63.1 Å². The number of Topliss-reactive ketones (excluding diaryl/α,β-unsaturated/α-hetero) is 1. The predicted octanol–water partition coefficient (Wildman–Crippen LogP) is 6.15. The lowest BCUT2D eigenvalue weighted by Crippen LogP contribution is -2.51. The van der Waals surface area contributed by atoms with E-state index in [1.54, 1.807) is 9.80 Å². The number of nitrogens with zero attached hydrogens (tertiary/aromatic N) is 4. The van der Waals surface area contributed by atoms with Crippen molar-refractivity contribution in [2.75, 3.05) is 46.6 Å². The zero-order chi connectivity index (χ0) is 37.8. The Labute approximate surface area is 313 Å². The summed E-state index contributed by atoms with van der Waals surface area (Å²) in [5.41, 5.74) is 5.37. The van der Waals surface area contributed by atoms with Crippen molar-refractivity contribution in [2.24, 2.45) is 5.92 Å². The molecule has 10 heteroatoms. The average molecular weight is 719 g/mol. The highest BCUT2D eigenvalue weighted by atomic mass is 16.2. The lowest BCUT2D eigenvalue weighted by molar-refractivity contribution is -0.141. The standard InChI is InChI=1S/C43H54N6O4/c1-28(2)24-38(46(3)4)42(52)49-23-11-15-37(49)41(51)44-33-19-17-30(18-20-33)35-27-32-25-29(16-21-34(32)45-35)26-39(50)36-14-10-22-48(36)43(53)40(47(5)6)31-12-8-7-9-13-31/h7-9,12-13,16-21,25,27-28,36-38,40,45H,10-11,14-15,22-24,26H2,1-6H3,(H,44,51)/t36-,37-,38+,40+/m0/s1. The van der Waals surface area contributed by atoms with E-state index in [1.165, 1.54) is 0 Å². The first-order valence-electron chi connectivity index (χ1n) is 19.0. The number of ketones is 1. The van der Waals surface area contributed by atoms with Crippen LogP contribution in [0.4, 0.5) is 5.69 Å². The van der Waals surface area contributed by atoms with Crippen LogP contribution in [-0.2, 0) is 25.6 Å². The van der Waals surface area contributed by atoms with Crippen LogP contribution in [0.15, 0.2) is 78.9 Å². The number of carbonyl (C=O) groups excluding carboxylic acids is 4. The van der Waals surface area contributed by atoms with E-state index >= 15 is 0 Å². The minimum atomic E-state index is -0.479. The number of hydrogen-bond acceptors (Lipinski definition) is 6. The summed E-state index contributed by atoms with van der Waals surface area (Å²) in [5.74, 6) is 0.274. The molecule has 3 aromatic carbocycles. The van der Waals surface area contributed by atoms with Gasteiger partial charge in [0.05, 0.1) is 12.1 Å². The highest BCUT2D eigenvalue weighted by Gasteiger charge is 2.39. The molecule has 4 aromatic rings. The maximum atomic E-state index is 13.8. The Morgan fingerprint density at radius 1 is 0.792 bits per heavy atom. The number of amides is 3. The summed E-state index contributed by atoms with van der Waals surface area (Å²) in [6.45, 7) is 5.41. The first kappa shape index (κ1) is 37.9. The number of aromatic amines is 1. The maximum Gasteiger partial charge on any atom is 0.247 e. The van der Waals surface area contributed by atoms with E-state index in [4.69, 9.17) is 0 Å². The maximum absolute atomic E-state index is 13.8. The summed E-state index contributed by atoms with van der Waals surface area (Å²) < 4.78 is 0. The van der Waals surface area contributed by atoms with Crippen molar-refractivity contribution in [1.82, 2.24) is 24.6 Å². The molecule has 280 valence electrons. The molecule has 2 aliphatic heterocycles. The molecule has 2 aliphatic rings. The molecule has 0 radical (unpaired) electrons. The van der Waals surface area contributed by atoms with E-state index in [-0.39, 0.29) is 36.0 Å². The summed E-state index contributed by atoms with van der Waals surface area (Å²) in [6.07, 6.45) is 3.97. The van der Waals surface area contributed by atoms with Gasteiger partial charge in [-0.1, -0.05) is 62.4 Å². The molecule has 0 saturated carbocycles. The van der Waals surface area contributed by atoms with E-state index in [9.17, 15) is 19.2 Å². The van der Waals surface area contributed by atoms with Gasteiger partial charge in [0, 0.05) is 41.8 Å². The molecule has 3 amide bonds.